The molecule has 158 valence electrons. The van der Waals surface area contributed by atoms with Gasteiger partial charge in [0.05, 0.1) is 12.0 Å². The van der Waals surface area contributed by atoms with Crippen molar-refractivity contribution >= 4 is 11.7 Å². The van der Waals surface area contributed by atoms with Gasteiger partial charge in [-0.2, -0.15) is 0 Å². The summed E-state index contributed by atoms with van der Waals surface area (Å²) in [5.74, 6) is 1.59. The van der Waals surface area contributed by atoms with Gasteiger partial charge in [-0.15, -0.1) is 0 Å². The molecule has 2 aliphatic heterocycles. The fourth-order valence-electron chi connectivity index (χ4n) is 4.34. The predicted octanol–water partition coefficient (Wildman–Crippen LogP) is 4.33. The summed E-state index contributed by atoms with van der Waals surface area (Å²) in [5.41, 5.74) is 4.53. The molecule has 1 spiro atoms. The van der Waals surface area contributed by atoms with Crippen molar-refractivity contribution in [3.8, 4) is 11.5 Å². The van der Waals surface area contributed by atoms with E-state index in [4.69, 9.17) is 9.47 Å². The molecule has 4 rings (SSSR count). The van der Waals surface area contributed by atoms with Gasteiger partial charge in [-0.1, -0.05) is 18.2 Å². The lowest BCUT2D eigenvalue weighted by Crippen LogP contribution is -2.53. The zero-order chi connectivity index (χ0) is 21.5. The summed E-state index contributed by atoms with van der Waals surface area (Å²) < 4.78 is 12.2. The average Bonchev–Trinajstić information content (AvgIpc) is 2.72. The quantitative estimate of drug-likeness (QED) is 0.760. The molecular formula is C25H29NO4. The predicted molar refractivity (Wildman–Crippen MR) is 115 cm³/mol. The number of ketones is 1. The smallest absolute Gasteiger partial charge is 0.260 e. The molecule has 1 saturated heterocycles. The summed E-state index contributed by atoms with van der Waals surface area (Å²) in [4.78, 5) is 27.3. The van der Waals surface area contributed by atoms with Gasteiger partial charge in [0.25, 0.3) is 5.91 Å². The third-order valence-electron chi connectivity index (χ3n) is 6.71. The first-order valence-corrected chi connectivity index (χ1v) is 10.6. The topological polar surface area (TPSA) is 55.8 Å². The molecule has 0 unspecified atom stereocenters. The van der Waals surface area contributed by atoms with E-state index in [1.165, 1.54) is 0 Å². The van der Waals surface area contributed by atoms with Crippen LogP contribution in [0.25, 0.3) is 0 Å². The van der Waals surface area contributed by atoms with Gasteiger partial charge in [-0.25, -0.2) is 0 Å². The number of nitrogens with zero attached hydrogens (tertiary/aromatic N) is 1. The van der Waals surface area contributed by atoms with Crippen molar-refractivity contribution in [3.63, 3.8) is 0 Å². The van der Waals surface area contributed by atoms with E-state index in [1.807, 2.05) is 62.9 Å². The second-order valence-electron chi connectivity index (χ2n) is 8.64. The van der Waals surface area contributed by atoms with Crippen molar-refractivity contribution in [1.82, 2.24) is 4.90 Å². The Morgan fingerprint density at radius 3 is 2.47 bits per heavy atom. The number of piperidine rings is 1. The van der Waals surface area contributed by atoms with E-state index in [0.717, 1.165) is 33.8 Å². The van der Waals surface area contributed by atoms with Gasteiger partial charge in [0.1, 0.15) is 17.1 Å². The number of likely N-dealkylation sites (tertiary alicyclic amines) is 1. The molecule has 2 heterocycles. The van der Waals surface area contributed by atoms with Crippen LogP contribution in [0.2, 0.25) is 0 Å². The van der Waals surface area contributed by atoms with Gasteiger partial charge in [0.2, 0.25) is 0 Å². The number of fused-ring (bicyclic) bond motifs is 1. The highest BCUT2D eigenvalue weighted by atomic mass is 16.5. The third-order valence-corrected chi connectivity index (χ3v) is 6.71. The van der Waals surface area contributed by atoms with E-state index < -0.39 is 5.60 Å². The molecule has 0 atom stereocenters. The first-order valence-electron chi connectivity index (χ1n) is 10.6. The number of benzene rings is 2. The van der Waals surface area contributed by atoms with E-state index >= 15 is 0 Å². The molecule has 0 bridgehead atoms. The Morgan fingerprint density at radius 2 is 1.73 bits per heavy atom. The van der Waals surface area contributed by atoms with Gasteiger partial charge < -0.3 is 14.4 Å². The lowest BCUT2D eigenvalue weighted by atomic mass is 9.81. The van der Waals surface area contributed by atoms with Gasteiger partial charge in [-0.3, -0.25) is 9.59 Å². The number of Topliss-reactive ketones (excluding diaryl/α,β-unsaturated/α-hetero) is 1. The van der Waals surface area contributed by atoms with E-state index in [1.54, 1.807) is 0 Å². The summed E-state index contributed by atoms with van der Waals surface area (Å²) >= 11 is 0. The molecule has 0 N–H and O–H groups in total. The van der Waals surface area contributed by atoms with Crippen molar-refractivity contribution in [3.05, 3.63) is 58.1 Å². The molecule has 2 aliphatic rings. The third kappa shape index (κ3) is 3.69. The van der Waals surface area contributed by atoms with Crippen LogP contribution in [-0.2, 0) is 4.79 Å². The molecule has 2 aromatic rings. The largest absolute Gasteiger partial charge is 0.486 e. The number of hydrogen-bond acceptors (Lipinski definition) is 4. The van der Waals surface area contributed by atoms with Crippen molar-refractivity contribution in [2.24, 2.45) is 0 Å². The second kappa shape index (κ2) is 7.78. The van der Waals surface area contributed by atoms with Crippen LogP contribution in [0.15, 0.2) is 30.3 Å². The van der Waals surface area contributed by atoms with Crippen LogP contribution in [0.1, 0.15) is 51.9 Å². The molecule has 1 fully saturated rings. The first kappa shape index (κ1) is 20.5. The SMILES string of the molecule is Cc1cccc(OCC(=O)N2CCC3(CC2)CC(=O)c2ccc(C)c(C)c2O3)c1C. The minimum atomic E-state index is -0.507. The summed E-state index contributed by atoms with van der Waals surface area (Å²) in [7, 11) is 0. The Hall–Kier alpha value is -2.82. The van der Waals surface area contributed by atoms with E-state index in [0.29, 0.717) is 37.9 Å². The van der Waals surface area contributed by atoms with Crippen molar-refractivity contribution in [2.45, 2.75) is 52.6 Å². The van der Waals surface area contributed by atoms with E-state index in [2.05, 4.69) is 0 Å². The molecule has 30 heavy (non-hydrogen) atoms. The number of hydrogen-bond donors (Lipinski definition) is 0. The van der Waals surface area contributed by atoms with Gasteiger partial charge in [0, 0.05) is 25.9 Å². The van der Waals surface area contributed by atoms with Crippen molar-refractivity contribution in [1.29, 1.82) is 0 Å². The Morgan fingerprint density at radius 1 is 1.03 bits per heavy atom. The Kier molecular flexibility index (Phi) is 5.31. The number of amides is 1. The Bertz CT molecular complexity index is 1000. The standard InChI is InChI=1S/C25H29NO4/c1-16-6-5-7-22(18(16)3)29-15-23(28)26-12-10-25(11-13-26)14-21(27)20-9-8-17(2)19(4)24(20)30-25/h5-9H,10-15H2,1-4H3. The number of carbonyl (C=O) groups excluding carboxylic acids is 2. The summed E-state index contributed by atoms with van der Waals surface area (Å²) in [6.07, 6.45) is 1.69. The van der Waals surface area contributed by atoms with Crippen LogP contribution in [0, 0.1) is 27.7 Å². The molecular weight excluding hydrogens is 378 g/mol. The lowest BCUT2D eigenvalue weighted by molar-refractivity contribution is -0.136. The first-order chi connectivity index (χ1) is 14.3. The van der Waals surface area contributed by atoms with Gasteiger partial charge in [0.15, 0.2) is 12.4 Å². The summed E-state index contributed by atoms with van der Waals surface area (Å²) in [6.45, 7) is 9.23. The molecule has 0 radical (unpaired) electrons. The zero-order valence-electron chi connectivity index (χ0n) is 18.2. The fraction of sp³-hybridized carbons (Fsp3) is 0.440. The minimum absolute atomic E-state index is 0.0260. The zero-order valence-corrected chi connectivity index (χ0v) is 18.2. The molecule has 5 nitrogen and oxygen atoms in total. The monoisotopic (exact) mass is 407 g/mol. The van der Waals surface area contributed by atoms with Gasteiger partial charge in [-0.05, 0) is 62.1 Å². The van der Waals surface area contributed by atoms with Crippen LogP contribution in [-0.4, -0.2) is 41.9 Å². The molecule has 1 amide bonds. The van der Waals surface area contributed by atoms with Crippen LogP contribution < -0.4 is 9.47 Å². The summed E-state index contributed by atoms with van der Waals surface area (Å²) in [6, 6.07) is 9.71. The molecule has 0 saturated carbocycles. The number of aryl methyl sites for hydroxylation is 2. The highest BCUT2D eigenvalue weighted by Crippen LogP contribution is 2.41. The highest BCUT2D eigenvalue weighted by molar-refractivity contribution is 6.01. The molecule has 2 aromatic carbocycles. The van der Waals surface area contributed by atoms with Crippen molar-refractivity contribution < 1.29 is 19.1 Å². The number of carbonyl (C=O) groups is 2. The average molecular weight is 408 g/mol. The molecule has 0 aromatic heterocycles. The van der Waals surface area contributed by atoms with Crippen LogP contribution in [0.4, 0.5) is 0 Å². The lowest BCUT2D eigenvalue weighted by Gasteiger charge is -2.44. The maximum absolute atomic E-state index is 12.8. The Balaban J connectivity index is 1.40. The van der Waals surface area contributed by atoms with Crippen LogP contribution in [0.3, 0.4) is 0 Å². The number of ether oxygens (including phenoxy) is 2. The maximum Gasteiger partial charge on any atom is 0.260 e. The Labute approximate surface area is 178 Å². The number of rotatable bonds is 3. The van der Waals surface area contributed by atoms with Crippen LogP contribution in [0.5, 0.6) is 11.5 Å². The highest BCUT2D eigenvalue weighted by Gasteiger charge is 2.44. The fourth-order valence-corrected chi connectivity index (χ4v) is 4.34. The summed E-state index contributed by atoms with van der Waals surface area (Å²) in [5, 5.41) is 0. The normalized spacial score (nSPS) is 17.5. The van der Waals surface area contributed by atoms with Gasteiger partial charge >= 0.3 is 0 Å². The molecule has 5 heteroatoms. The minimum Gasteiger partial charge on any atom is -0.486 e. The second-order valence-corrected chi connectivity index (χ2v) is 8.64. The molecule has 0 aliphatic carbocycles. The van der Waals surface area contributed by atoms with Crippen molar-refractivity contribution in [2.75, 3.05) is 19.7 Å². The maximum atomic E-state index is 12.8. The van der Waals surface area contributed by atoms with E-state index in [-0.39, 0.29) is 18.3 Å². The van der Waals surface area contributed by atoms with E-state index in [9.17, 15) is 9.59 Å². The van der Waals surface area contributed by atoms with Crippen LogP contribution >= 0.6 is 0 Å².